The maximum atomic E-state index is 12.6. The number of fused-ring (bicyclic) bond motifs is 1. The number of rotatable bonds is 3. The van der Waals surface area contributed by atoms with E-state index in [1.165, 1.54) is 6.92 Å². The third kappa shape index (κ3) is 3.05. The molecule has 1 aromatic rings. The number of nitrogens with zero attached hydrogens (tertiary/aromatic N) is 2. The van der Waals surface area contributed by atoms with Gasteiger partial charge in [-0.1, -0.05) is 24.3 Å². The molecule has 3 rings (SSSR count). The first-order chi connectivity index (χ1) is 11.5. The van der Waals surface area contributed by atoms with Crippen LogP contribution in [0.4, 0.5) is 0 Å². The van der Waals surface area contributed by atoms with E-state index in [1.807, 2.05) is 30.3 Å². The summed E-state index contributed by atoms with van der Waals surface area (Å²) in [5, 5.41) is 12.3. The Labute approximate surface area is 141 Å². The molecule has 1 aromatic carbocycles. The summed E-state index contributed by atoms with van der Waals surface area (Å²) in [4.78, 5) is 26.1. The normalized spacial score (nSPS) is 21.0. The van der Waals surface area contributed by atoms with Crippen LogP contribution in [0, 0.1) is 11.3 Å². The molecule has 0 bridgehead atoms. The van der Waals surface area contributed by atoms with Gasteiger partial charge in [0.05, 0.1) is 18.5 Å². The van der Waals surface area contributed by atoms with Crippen molar-refractivity contribution in [3.8, 4) is 6.07 Å². The molecule has 1 saturated carbocycles. The van der Waals surface area contributed by atoms with Crippen LogP contribution in [-0.2, 0) is 9.59 Å². The Hall–Kier alpha value is -2.61. The minimum absolute atomic E-state index is 0.102. The van der Waals surface area contributed by atoms with Crippen molar-refractivity contribution in [2.24, 2.45) is 0 Å². The second-order valence-corrected chi connectivity index (χ2v) is 6.54. The van der Waals surface area contributed by atoms with E-state index in [0.717, 1.165) is 24.0 Å². The zero-order valence-electron chi connectivity index (χ0n) is 13.8. The lowest BCUT2D eigenvalue weighted by atomic mass is 9.92. The van der Waals surface area contributed by atoms with E-state index in [-0.39, 0.29) is 24.3 Å². The van der Waals surface area contributed by atoms with Gasteiger partial charge >= 0.3 is 0 Å². The largest absolute Gasteiger partial charge is 0.338 e. The van der Waals surface area contributed by atoms with Gasteiger partial charge < -0.3 is 10.2 Å². The summed E-state index contributed by atoms with van der Waals surface area (Å²) in [5.41, 5.74) is 1.24. The van der Waals surface area contributed by atoms with Crippen LogP contribution in [0.25, 0.3) is 6.08 Å². The summed E-state index contributed by atoms with van der Waals surface area (Å²) in [6.45, 7) is 1.50. The molecule has 124 valence electrons. The number of carbonyl (C=O) groups excluding carboxylic acids is 2. The Balaban J connectivity index is 1.81. The highest BCUT2D eigenvalue weighted by Crippen LogP contribution is 2.34. The van der Waals surface area contributed by atoms with Gasteiger partial charge in [0, 0.05) is 13.1 Å². The van der Waals surface area contributed by atoms with Crippen LogP contribution in [0.15, 0.2) is 30.5 Å². The smallest absolute Gasteiger partial charge is 0.223 e. The van der Waals surface area contributed by atoms with Crippen LogP contribution in [0.2, 0.25) is 0 Å². The Morgan fingerprint density at radius 3 is 2.71 bits per heavy atom. The third-order valence-electron chi connectivity index (χ3n) is 4.90. The first-order valence-corrected chi connectivity index (χ1v) is 8.33. The lowest BCUT2D eigenvalue weighted by Gasteiger charge is -2.33. The number of carbonyl (C=O) groups is 2. The van der Waals surface area contributed by atoms with Crippen molar-refractivity contribution < 1.29 is 9.59 Å². The minimum Gasteiger partial charge on any atom is -0.338 e. The number of nitriles is 1. The predicted molar refractivity (Wildman–Crippen MR) is 90.3 cm³/mol. The van der Waals surface area contributed by atoms with Crippen LogP contribution in [-0.4, -0.2) is 22.3 Å². The Bertz CT molecular complexity index is 726. The van der Waals surface area contributed by atoms with Crippen molar-refractivity contribution in [1.29, 1.82) is 5.26 Å². The van der Waals surface area contributed by atoms with Crippen LogP contribution in [0.3, 0.4) is 0 Å². The Morgan fingerprint density at radius 2 is 2.04 bits per heavy atom. The summed E-state index contributed by atoms with van der Waals surface area (Å²) in [7, 11) is 0. The van der Waals surface area contributed by atoms with Crippen LogP contribution >= 0.6 is 0 Å². The van der Waals surface area contributed by atoms with Crippen molar-refractivity contribution in [2.45, 2.75) is 50.6 Å². The fourth-order valence-electron chi connectivity index (χ4n) is 3.65. The highest BCUT2D eigenvalue weighted by molar-refractivity contribution is 5.82. The van der Waals surface area contributed by atoms with Gasteiger partial charge in [-0.25, -0.2) is 0 Å². The number of amides is 2. The second kappa shape index (κ2) is 6.48. The van der Waals surface area contributed by atoms with Gasteiger partial charge in [0.1, 0.15) is 5.54 Å². The number of benzene rings is 1. The molecule has 0 radical (unpaired) electrons. The summed E-state index contributed by atoms with van der Waals surface area (Å²) < 4.78 is 0. The standard InChI is InChI=1S/C19H21N3O2/c1-14(23)22-11-8-15-6-2-3-7-16(15)17(22)12-18(24)21-19(13-20)9-4-5-10-19/h2-3,6-8,11,17H,4-5,9-10,12H2,1H3,(H,21,24). The zero-order valence-corrected chi connectivity index (χ0v) is 13.8. The molecule has 5 nitrogen and oxygen atoms in total. The number of hydrogen-bond acceptors (Lipinski definition) is 3. The lowest BCUT2D eigenvalue weighted by Crippen LogP contribution is -2.46. The molecule has 1 N–H and O–H groups in total. The molecule has 0 saturated heterocycles. The second-order valence-electron chi connectivity index (χ2n) is 6.54. The highest BCUT2D eigenvalue weighted by atomic mass is 16.2. The fourth-order valence-corrected chi connectivity index (χ4v) is 3.65. The topological polar surface area (TPSA) is 73.2 Å². The lowest BCUT2D eigenvalue weighted by molar-refractivity contribution is -0.130. The molecule has 1 aliphatic carbocycles. The molecule has 0 aromatic heterocycles. The van der Waals surface area contributed by atoms with Crippen molar-refractivity contribution in [3.63, 3.8) is 0 Å². The zero-order chi connectivity index (χ0) is 17.2. The molecular weight excluding hydrogens is 302 g/mol. The number of hydrogen-bond donors (Lipinski definition) is 1. The van der Waals surface area contributed by atoms with Gasteiger partial charge in [0.25, 0.3) is 0 Å². The molecule has 1 atom stereocenters. The molecule has 1 fully saturated rings. The molecular formula is C19H21N3O2. The van der Waals surface area contributed by atoms with Gasteiger partial charge in [-0.3, -0.25) is 9.59 Å². The Morgan fingerprint density at radius 1 is 1.33 bits per heavy atom. The molecule has 2 amide bonds. The van der Waals surface area contributed by atoms with E-state index < -0.39 is 5.54 Å². The number of nitrogens with one attached hydrogen (secondary N) is 1. The maximum absolute atomic E-state index is 12.6. The van der Waals surface area contributed by atoms with Crippen molar-refractivity contribution >= 4 is 17.9 Å². The van der Waals surface area contributed by atoms with Gasteiger partial charge in [-0.05, 0) is 42.9 Å². The minimum atomic E-state index is -0.734. The van der Waals surface area contributed by atoms with E-state index in [0.29, 0.717) is 12.8 Å². The van der Waals surface area contributed by atoms with Crippen LogP contribution in [0.5, 0.6) is 0 Å². The van der Waals surface area contributed by atoms with Crippen LogP contribution < -0.4 is 5.32 Å². The summed E-state index contributed by atoms with van der Waals surface area (Å²) >= 11 is 0. The maximum Gasteiger partial charge on any atom is 0.223 e. The van der Waals surface area contributed by atoms with Gasteiger partial charge in [0.2, 0.25) is 11.8 Å². The van der Waals surface area contributed by atoms with E-state index in [9.17, 15) is 14.9 Å². The van der Waals surface area contributed by atoms with Gasteiger partial charge in [-0.2, -0.15) is 5.26 Å². The van der Waals surface area contributed by atoms with Crippen molar-refractivity contribution in [1.82, 2.24) is 10.2 Å². The van der Waals surface area contributed by atoms with E-state index in [4.69, 9.17) is 0 Å². The van der Waals surface area contributed by atoms with Crippen molar-refractivity contribution in [2.75, 3.05) is 0 Å². The molecule has 0 spiro atoms. The molecule has 1 aliphatic heterocycles. The summed E-state index contributed by atoms with van der Waals surface area (Å²) in [5.74, 6) is -0.283. The Kier molecular flexibility index (Phi) is 4.39. The van der Waals surface area contributed by atoms with Crippen LogP contribution in [0.1, 0.15) is 56.2 Å². The summed E-state index contributed by atoms with van der Waals surface area (Å²) in [6, 6.07) is 9.71. The van der Waals surface area contributed by atoms with E-state index in [2.05, 4.69) is 11.4 Å². The highest BCUT2D eigenvalue weighted by Gasteiger charge is 2.37. The van der Waals surface area contributed by atoms with Gasteiger partial charge in [0.15, 0.2) is 0 Å². The SMILES string of the molecule is CC(=O)N1C=Cc2ccccc2C1CC(=O)NC1(C#N)CCCC1. The van der Waals surface area contributed by atoms with Gasteiger partial charge in [-0.15, -0.1) is 0 Å². The molecule has 5 heteroatoms. The first kappa shape index (κ1) is 16.3. The molecule has 1 heterocycles. The third-order valence-corrected chi connectivity index (χ3v) is 4.90. The monoisotopic (exact) mass is 323 g/mol. The van der Waals surface area contributed by atoms with Crippen molar-refractivity contribution in [3.05, 3.63) is 41.6 Å². The van der Waals surface area contributed by atoms with E-state index >= 15 is 0 Å². The molecule has 24 heavy (non-hydrogen) atoms. The first-order valence-electron chi connectivity index (χ1n) is 8.33. The summed E-state index contributed by atoms with van der Waals surface area (Å²) in [6.07, 6.45) is 7.10. The molecule has 2 aliphatic rings. The predicted octanol–water partition coefficient (Wildman–Crippen LogP) is 2.90. The van der Waals surface area contributed by atoms with E-state index in [1.54, 1.807) is 11.1 Å². The quantitative estimate of drug-likeness (QED) is 0.929. The average molecular weight is 323 g/mol. The average Bonchev–Trinajstić information content (AvgIpc) is 3.03. The molecule has 1 unspecified atom stereocenters. The fraction of sp³-hybridized carbons (Fsp3) is 0.421.